The van der Waals surface area contributed by atoms with Crippen molar-refractivity contribution in [3.05, 3.63) is 35.6 Å². The van der Waals surface area contributed by atoms with Crippen molar-refractivity contribution in [2.45, 2.75) is 12.7 Å². The van der Waals surface area contributed by atoms with E-state index in [4.69, 9.17) is 0 Å². The number of benzene rings is 1. The molecule has 80 valence electrons. The van der Waals surface area contributed by atoms with Gasteiger partial charge >= 0.3 is 0 Å². The number of carbonyl (C=O) groups excluding carboxylic acids is 1. The first kappa shape index (κ1) is 10.3. The van der Waals surface area contributed by atoms with E-state index in [0.717, 1.165) is 24.9 Å². The van der Waals surface area contributed by atoms with E-state index in [9.17, 15) is 9.18 Å². The molecular formula is C11H13FN2O. The molecule has 1 saturated heterocycles. The topological polar surface area (TPSA) is 32.3 Å². The largest absolute Gasteiger partial charge is 0.300 e. The fraction of sp³-hybridized carbons (Fsp3) is 0.364. The molecule has 1 heterocycles. The standard InChI is InChI=1S/C11H13FN2O/c12-10-3-1-9(2-4-10)7-14-6-5-13-11(14)8-15/h1-4,8,11,13H,5-7H2. The fourth-order valence-corrected chi connectivity index (χ4v) is 1.76. The van der Waals surface area contributed by atoms with Gasteiger partial charge < -0.3 is 4.79 Å². The molecule has 4 heteroatoms. The molecule has 3 nitrogen and oxygen atoms in total. The van der Waals surface area contributed by atoms with Crippen LogP contribution < -0.4 is 5.32 Å². The van der Waals surface area contributed by atoms with Gasteiger partial charge in [0.25, 0.3) is 0 Å². The number of nitrogens with one attached hydrogen (secondary N) is 1. The Morgan fingerprint density at radius 3 is 2.87 bits per heavy atom. The Labute approximate surface area is 87.9 Å². The number of halogens is 1. The zero-order valence-electron chi connectivity index (χ0n) is 8.32. The molecule has 2 rings (SSSR count). The molecule has 1 N–H and O–H groups in total. The lowest BCUT2D eigenvalue weighted by Gasteiger charge is -2.19. The van der Waals surface area contributed by atoms with Gasteiger partial charge in [-0.05, 0) is 17.7 Å². The van der Waals surface area contributed by atoms with Crippen molar-refractivity contribution in [3.63, 3.8) is 0 Å². The van der Waals surface area contributed by atoms with Crippen LogP contribution in [-0.2, 0) is 11.3 Å². The van der Waals surface area contributed by atoms with Crippen LogP contribution in [0.4, 0.5) is 4.39 Å². The maximum absolute atomic E-state index is 12.7. The summed E-state index contributed by atoms with van der Waals surface area (Å²) in [4.78, 5) is 12.7. The fourth-order valence-electron chi connectivity index (χ4n) is 1.76. The van der Waals surface area contributed by atoms with E-state index in [-0.39, 0.29) is 12.0 Å². The van der Waals surface area contributed by atoms with Crippen molar-refractivity contribution in [1.82, 2.24) is 10.2 Å². The Bertz CT molecular complexity index is 339. The molecule has 0 spiro atoms. The average molecular weight is 208 g/mol. The molecule has 1 atom stereocenters. The number of hydrogen-bond donors (Lipinski definition) is 1. The van der Waals surface area contributed by atoms with Gasteiger partial charge in [0.05, 0.1) is 0 Å². The Hall–Kier alpha value is -1.26. The molecular weight excluding hydrogens is 195 g/mol. The van der Waals surface area contributed by atoms with E-state index in [0.29, 0.717) is 6.54 Å². The summed E-state index contributed by atoms with van der Waals surface area (Å²) in [6.07, 6.45) is 0.700. The zero-order chi connectivity index (χ0) is 10.7. The Morgan fingerprint density at radius 1 is 1.47 bits per heavy atom. The van der Waals surface area contributed by atoms with Crippen molar-refractivity contribution in [2.75, 3.05) is 13.1 Å². The van der Waals surface area contributed by atoms with Crippen molar-refractivity contribution < 1.29 is 9.18 Å². The third kappa shape index (κ3) is 2.40. The molecule has 0 aliphatic carbocycles. The van der Waals surface area contributed by atoms with Crippen LogP contribution >= 0.6 is 0 Å². The monoisotopic (exact) mass is 208 g/mol. The van der Waals surface area contributed by atoms with Gasteiger partial charge in [-0.25, -0.2) is 4.39 Å². The van der Waals surface area contributed by atoms with E-state index in [1.165, 1.54) is 12.1 Å². The third-order valence-corrected chi connectivity index (χ3v) is 2.57. The number of rotatable bonds is 3. The lowest BCUT2D eigenvalue weighted by molar-refractivity contribution is -0.112. The Balaban J connectivity index is 2.02. The summed E-state index contributed by atoms with van der Waals surface area (Å²) in [7, 11) is 0. The normalized spacial score (nSPS) is 21.8. The second-order valence-electron chi connectivity index (χ2n) is 3.63. The van der Waals surface area contributed by atoms with Crippen LogP contribution in [0, 0.1) is 5.82 Å². The van der Waals surface area contributed by atoms with E-state index in [1.54, 1.807) is 12.1 Å². The predicted molar refractivity (Wildman–Crippen MR) is 54.7 cm³/mol. The Kier molecular flexibility index (Phi) is 3.08. The highest BCUT2D eigenvalue weighted by Gasteiger charge is 2.22. The van der Waals surface area contributed by atoms with Crippen molar-refractivity contribution >= 4 is 6.29 Å². The highest BCUT2D eigenvalue weighted by atomic mass is 19.1. The third-order valence-electron chi connectivity index (χ3n) is 2.57. The van der Waals surface area contributed by atoms with E-state index < -0.39 is 0 Å². The molecule has 1 aliphatic rings. The summed E-state index contributed by atoms with van der Waals surface area (Å²) in [5.74, 6) is -0.231. The molecule has 0 bridgehead atoms. The van der Waals surface area contributed by atoms with Gasteiger partial charge in [-0.2, -0.15) is 0 Å². The molecule has 1 fully saturated rings. The number of aldehydes is 1. The smallest absolute Gasteiger partial charge is 0.151 e. The maximum atomic E-state index is 12.7. The van der Waals surface area contributed by atoms with Gasteiger partial charge in [0.1, 0.15) is 12.0 Å². The van der Waals surface area contributed by atoms with Crippen LogP contribution in [0.2, 0.25) is 0 Å². The van der Waals surface area contributed by atoms with Crippen LogP contribution in [0.5, 0.6) is 0 Å². The van der Waals surface area contributed by atoms with E-state index in [1.807, 2.05) is 4.90 Å². The van der Waals surface area contributed by atoms with Gasteiger partial charge in [0, 0.05) is 19.6 Å². The van der Waals surface area contributed by atoms with Crippen LogP contribution in [0.15, 0.2) is 24.3 Å². The quantitative estimate of drug-likeness (QED) is 0.744. The molecule has 15 heavy (non-hydrogen) atoms. The molecule has 1 aliphatic heterocycles. The molecule has 1 aromatic carbocycles. The van der Waals surface area contributed by atoms with Crippen LogP contribution in [0.25, 0.3) is 0 Å². The van der Waals surface area contributed by atoms with Crippen molar-refractivity contribution in [1.29, 1.82) is 0 Å². The zero-order valence-corrected chi connectivity index (χ0v) is 8.32. The maximum Gasteiger partial charge on any atom is 0.151 e. The minimum absolute atomic E-state index is 0.199. The molecule has 1 unspecified atom stereocenters. The lowest BCUT2D eigenvalue weighted by Crippen LogP contribution is -2.36. The summed E-state index contributed by atoms with van der Waals surface area (Å²) in [6, 6.07) is 6.37. The average Bonchev–Trinajstić information content (AvgIpc) is 2.69. The molecule has 0 amide bonds. The van der Waals surface area contributed by atoms with Crippen LogP contribution in [0.1, 0.15) is 5.56 Å². The second kappa shape index (κ2) is 4.51. The van der Waals surface area contributed by atoms with Gasteiger partial charge in [-0.1, -0.05) is 12.1 Å². The van der Waals surface area contributed by atoms with E-state index >= 15 is 0 Å². The predicted octanol–water partition coefficient (Wildman–Crippen LogP) is 0.756. The minimum atomic E-state index is -0.231. The van der Waals surface area contributed by atoms with Crippen molar-refractivity contribution in [3.8, 4) is 0 Å². The molecule has 0 radical (unpaired) electrons. The molecule has 1 aromatic rings. The second-order valence-corrected chi connectivity index (χ2v) is 3.63. The van der Waals surface area contributed by atoms with Gasteiger partial charge in [-0.15, -0.1) is 0 Å². The van der Waals surface area contributed by atoms with E-state index in [2.05, 4.69) is 5.32 Å². The van der Waals surface area contributed by atoms with Crippen molar-refractivity contribution in [2.24, 2.45) is 0 Å². The SMILES string of the molecule is O=CC1NCCN1Cc1ccc(F)cc1. The summed E-state index contributed by atoms with van der Waals surface area (Å²) >= 11 is 0. The highest BCUT2D eigenvalue weighted by molar-refractivity contribution is 5.57. The highest BCUT2D eigenvalue weighted by Crippen LogP contribution is 2.10. The Morgan fingerprint density at radius 2 is 2.20 bits per heavy atom. The lowest BCUT2D eigenvalue weighted by atomic mass is 10.2. The van der Waals surface area contributed by atoms with Gasteiger partial charge in [0.2, 0.25) is 0 Å². The minimum Gasteiger partial charge on any atom is -0.300 e. The first-order valence-electron chi connectivity index (χ1n) is 4.97. The van der Waals surface area contributed by atoms with Gasteiger partial charge in [0.15, 0.2) is 6.29 Å². The van der Waals surface area contributed by atoms with Crippen LogP contribution in [0.3, 0.4) is 0 Å². The molecule has 0 saturated carbocycles. The number of carbonyl (C=O) groups is 1. The van der Waals surface area contributed by atoms with Crippen LogP contribution in [-0.4, -0.2) is 30.4 Å². The van der Waals surface area contributed by atoms with Gasteiger partial charge in [-0.3, -0.25) is 10.2 Å². The summed E-state index contributed by atoms with van der Waals surface area (Å²) in [5, 5.41) is 3.07. The summed E-state index contributed by atoms with van der Waals surface area (Å²) in [5.41, 5.74) is 1.02. The summed E-state index contributed by atoms with van der Waals surface area (Å²) < 4.78 is 12.7. The first-order chi connectivity index (χ1) is 7.29. The first-order valence-corrected chi connectivity index (χ1v) is 4.97. The number of hydrogen-bond acceptors (Lipinski definition) is 3. The summed E-state index contributed by atoms with van der Waals surface area (Å²) in [6.45, 7) is 2.35. The molecule has 0 aromatic heterocycles. The number of nitrogens with zero attached hydrogens (tertiary/aromatic N) is 1.